The van der Waals surface area contributed by atoms with E-state index in [0.717, 1.165) is 0 Å². The third-order valence-electron chi connectivity index (χ3n) is 2.57. The van der Waals surface area contributed by atoms with Crippen LogP contribution in [0.4, 0.5) is 5.69 Å². The Hall–Kier alpha value is -2.76. The molecule has 2 N–H and O–H groups in total. The first-order valence-electron chi connectivity index (χ1n) is 5.79. The van der Waals surface area contributed by atoms with Crippen molar-refractivity contribution < 1.29 is 19.0 Å². The highest BCUT2D eigenvalue weighted by Crippen LogP contribution is 2.31. The smallest absolute Gasteiger partial charge is 0.356 e. The monoisotopic (exact) mass is 274 g/mol. The van der Waals surface area contributed by atoms with Crippen molar-refractivity contribution in [3.63, 3.8) is 0 Å². The number of aromatic nitrogens is 1. The second-order valence-corrected chi connectivity index (χ2v) is 3.87. The number of carbonyl (C=O) groups is 1. The maximum atomic E-state index is 11.4. The molecule has 0 saturated heterocycles. The summed E-state index contributed by atoms with van der Waals surface area (Å²) < 4.78 is 15.3. The van der Waals surface area contributed by atoms with Crippen LogP contribution in [0.3, 0.4) is 0 Å². The summed E-state index contributed by atoms with van der Waals surface area (Å²) in [5.74, 6) is 0.956. The van der Waals surface area contributed by atoms with Crippen molar-refractivity contribution in [1.29, 1.82) is 0 Å². The van der Waals surface area contributed by atoms with E-state index in [1.807, 2.05) is 0 Å². The molecule has 0 saturated carbocycles. The van der Waals surface area contributed by atoms with E-state index in [2.05, 4.69) is 9.72 Å². The summed E-state index contributed by atoms with van der Waals surface area (Å²) >= 11 is 0. The average molecular weight is 274 g/mol. The molecule has 0 aliphatic heterocycles. The number of nitrogens with zero attached hydrogens (tertiary/aromatic N) is 1. The van der Waals surface area contributed by atoms with Crippen molar-refractivity contribution in [2.45, 2.75) is 0 Å². The molecular formula is C14H14N2O4. The molecule has 0 aliphatic carbocycles. The Bertz CT molecular complexity index is 628. The Kier molecular flexibility index (Phi) is 4.05. The molecule has 1 aromatic carbocycles. The summed E-state index contributed by atoms with van der Waals surface area (Å²) in [6.07, 6.45) is 1.46. The zero-order chi connectivity index (χ0) is 14.5. The molecule has 0 atom stereocenters. The Morgan fingerprint density at radius 1 is 1.15 bits per heavy atom. The number of carbonyl (C=O) groups excluding carboxylic acids is 1. The van der Waals surface area contributed by atoms with Crippen LogP contribution < -0.4 is 15.2 Å². The van der Waals surface area contributed by atoms with E-state index in [4.69, 9.17) is 15.2 Å². The largest absolute Gasteiger partial charge is 0.497 e. The van der Waals surface area contributed by atoms with E-state index in [9.17, 15) is 4.79 Å². The first kappa shape index (κ1) is 13.7. The first-order chi connectivity index (χ1) is 9.63. The molecule has 0 fully saturated rings. The Morgan fingerprint density at radius 3 is 2.65 bits per heavy atom. The fraction of sp³-hybridized carbons (Fsp3) is 0.143. The quantitative estimate of drug-likeness (QED) is 0.680. The summed E-state index contributed by atoms with van der Waals surface area (Å²) in [5.41, 5.74) is 6.45. The van der Waals surface area contributed by atoms with Crippen LogP contribution in [0.2, 0.25) is 0 Å². The van der Waals surface area contributed by atoms with E-state index in [1.54, 1.807) is 31.4 Å². The first-order valence-corrected chi connectivity index (χ1v) is 5.79. The van der Waals surface area contributed by atoms with Crippen LogP contribution in [0.5, 0.6) is 17.2 Å². The molecule has 2 aromatic rings. The highest BCUT2D eigenvalue weighted by Gasteiger charge is 2.10. The molecule has 0 amide bonds. The maximum Gasteiger partial charge on any atom is 0.356 e. The third kappa shape index (κ3) is 2.97. The summed E-state index contributed by atoms with van der Waals surface area (Å²) in [6.45, 7) is 0. The number of hydrogen-bond acceptors (Lipinski definition) is 6. The molecule has 20 heavy (non-hydrogen) atoms. The van der Waals surface area contributed by atoms with E-state index in [1.165, 1.54) is 19.4 Å². The molecule has 104 valence electrons. The summed E-state index contributed by atoms with van der Waals surface area (Å²) in [4.78, 5) is 15.3. The molecule has 0 unspecified atom stereocenters. The van der Waals surface area contributed by atoms with Gasteiger partial charge in [-0.15, -0.1) is 0 Å². The minimum atomic E-state index is -0.533. The van der Waals surface area contributed by atoms with Crippen molar-refractivity contribution in [1.82, 2.24) is 4.98 Å². The fourth-order valence-corrected chi connectivity index (χ4v) is 1.55. The predicted octanol–water partition coefficient (Wildman–Crippen LogP) is 2.25. The van der Waals surface area contributed by atoms with Crippen LogP contribution in [-0.4, -0.2) is 25.2 Å². The molecule has 2 rings (SSSR count). The number of hydrogen-bond donors (Lipinski definition) is 1. The normalized spacial score (nSPS) is 9.90. The Morgan fingerprint density at radius 2 is 1.95 bits per heavy atom. The standard InChI is InChI=1S/C14H14N2O4/c1-18-9-3-4-11(15)13(8-9)20-10-5-6-16-12(7-10)14(17)19-2/h3-8H,15H2,1-2H3. The highest BCUT2D eigenvalue weighted by molar-refractivity contribution is 5.87. The Balaban J connectivity index is 2.28. The lowest BCUT2D eigenvalue weighted by molar-refractivity contribution is 0.0593. The van der Waals surface area contributed by atoms with Crippen LogP contribution in [-0.2, 0) is 4.74 Å². The van der Waals surface area contributed by atoms with Crippen molar-refractivity contribution in [3.05, 3.63) is 42.2 Å². The minimum absolute atomic E-state index is 0.159. The number of nitrogen functional groups attached to an aromatic ring is 1. The topological polar surface area (TPSA) is 83.7 Å². The summed E-state index contributed by atoms with van der Waals surface area (Å²) in [5, 5.41) is 0. The number of benzene rings is 1. The predicted molar refractivity (Wildman–Crippen MR) is 73.1 cm³/mol. The van der Waals surface area contributed by atoms with Gasteiger partial charge in [-0.25, -0.2) is 9.78 Å². The van der Waals surface area contributed by atoms with Crippen molar-refractivity contribution in [2.75, 3.05) is 20.0 Å². The number of esters is 1. The van der Waals surface area contributed by atoms with E-state index in [-0.39, 0.29) is 5.69 Å². The van der Waals surface area contributed by atoms with Gasteiger partial charge in [-0.2, -0.15) is 0 Å². The molecule has 1 heterocycles. The van der Waals surface area contributed by atoms with Gasteiger partial charge in [0.1, 0.15) is 11.5 Å². The lowest BCUT2D eigenvalue weighted by Crippen LogP contribution is -2.04. The van der Waals surface area contributed by atoms with Crippen molar-refractivity contribution in [2.24, 2.45) is 0 Å². The van der Waals surface area contributed by atoms with E-state index < -0.39 is 5.97 Å². The van der Waals surface area contributed by atoms with Gasteiger partial charge in [-0.1, -0.05) is 0 Å². The second-order valence-electron chi connectivity index (χ2n) is 3.87. The molecule has 1 aromatic heterocycles. The Labute approximate surface area is 116 Å². The average Bonchev–Trinajstić information content (AvgIpc) is 2.49. The van der Waals surface area contributed by atoms with Crippen LogP contribution in [0.25, 0.3) is 0 Å². The van der Waals surface area contributed by atoms with Gasteiger partial charge in [0, 0.05) is 18.3 Å². The van der Waals surface area contributed by atoms with Crippen molar-refractivity contribution >= 4 is 11.7 Å². The number of pyridine rings is 1. The number of ether oxygens (including phenoxy) is 3. The SMILES string of the molecule is COC(=O)c1cc(Oc2cc(OC)ccc2N)ccn1. The molecule has 0 radical (unpaired) electrons. The van der Waals surface area contributed by atoms with Gasteiger partial charge in [0.2, 0.25) is 0 Å². The molecular weight excluding hydrogens is 260 g/mol. The second kappa shape index (κ2) is 5.92. The molecule has 6 heteroatoms. The fourth-order valence-electron chi connectivity index (χ4n) is 1.55. The van der Waals surface area contributed by atoms with Gasteiger partial charge >= 0.3 is 5.97 Å². The minimum Gasteiger partial charge on any atom is -0.497 e. The summed E-state index contributed by atoms with van der Waals surface area (Å²) in [6, 6.07) is 8.16. The molecule has 0 aliphatic rings. The van der Waals surface area contributed by atoms with Gasteiger partial charge in [-0.05, 0) is 18.2 Å². The zero-order valence-corrected chi connectivity index (χ0v) is 11.1. The van der Waals surface area contributed by atoms with Crippen LogP contribution in [0.15, 0.2) is 36.5 Å². The van der Waals surface area contributed by atoms with Crippen LogP contribution >= 0.6 is 0 Å². The van der Waals surface area contributed by atoms with Gasteiger partial charge < -0.3 is 19.9 Å². The molecule has 6 nitrogen and oxygen atoms in total. The number of methoxy groups -OCH3 is 2. The van der Waals surface area contributed by atoms with Gasteiger partial charge in [0.05, 0.1) is 19.9 Å². The van der Waals surface area contributed by atoms with Crippen LogP contribution in [0.1, 0.15) is 10.5 Å². The third-order valence-corrected chi connectivity index (χ3v) is 2.57. The number of anilines is 1. The van der Waals surface area contributed by atoms with Gasteiger partial charge in [0.25, 0.3) is 0 Å². The van der Waals surface area contributed by atoms with E-state index in [0.29, 0.717) is 22.9 Å². The zero-order valence-electron chi connectivity index (χ0n) is 11.1. The number of nitrogens with two attached hydrogens (primary N) is 1. The van der Waals surface area contributed by atoms with Crippen molar-refractivity contribution in [3.8, 4) is 17.2 Å². The lowest BCUT2D eigenvalue weighted by atomic mass is 10.2. The number of rotatable bonds is 4. The van der Waals surface area contributed by atoms with Crippen LogP contribution in [0, 0.1) is 0 Å². The summed E-state index contributed by atoms with van der Waals surface area (Å²) in [7, 11) is 2.84. The van der Waals surface area contributed by atoms with Gasteiger partial charge in [-0.3, -0.25) is 0 Å². The lowest BCUT2D eigenvalue weighted by Gasteiger charge is -2.10. The molecule has 0 spiro atoms. The highest BCUT2D eigenvalue weighted by atomic mass is 16.5. The molecule has 0 bridgehead atoms. The maximum absolute atomic E-state index is 11.4. The van der Waals surface area contributed by atoms with E-state index >= 15 is 0 Å². The van der Waals surface area contributed by atoms with Gasteiger partial charge in [0.15, 0.2) is 11.4 Å².